The minimum absolute atomic E-state index is 0.657. The molecule has 1 aromatic rings. The van der Waals surface area contributed by atoms with Gasteiger partial charge in [0, 0.05) is 13.1 Å². The Morgan fingerprint density at radius 2 is 2.35 bits per heavy atom. The average Bonchev–Trinajstić information content (AvgIpc) is 2.68. The van der Waals surface area contributed by atoms with Crippen molar-refractivity contribution < 1.29 is 0 Å². The van der Waals surface area contributed by atoms with Gasteiger partial charge in [-0.2, -0.15) is 0 Å². The Balaban J connectivity index is 1.83. The molecule has 0 amide bonds. The number of nitrogens with zero attached hydrogens (tertiary/aromatic N) is 2. The van der Waals surface area contributed by atoms with Crippen molar-refractivity contribution in [2.24, 2.45) is 13.0 Å². The Bertz CT molecular complexity index is 362. The molecule has 4 heteroatoms. The minimum Gasteiger partial charge on any atom is -0.321 e. The molecule has 2 unspecified atom stereocenters. The van der Waals surface area contributed by atoms with Gasteiger partial charge >= 0.3 is 0 Å². The molecule has 0 aliphatic heterocycles. The quantitative estimate of drug-likeness (QED) is 0.896. The largest absolute Gasteiger partial charge is 0.321 e. The topological polar surface area (TPSA) is 29.9 Å². The second kappa shape index (κ2) is 5.87. The van der Waals surface area contributed by atoms with E-state index in [1.165, 1.54) is 32.1 Å². The second-order valence-electron chi connectivity index (χ2n) is 5.07. The molecule has 3 nitrogen and oxygen atoms in total. The molecule has 1 aliphatic carbocycles. The zero-order valence-corrected chi connectivity index (χ0v) is 11.5. The van der Waals surface area contributed by atoms with Crippen LogP contribution in [0.25, 0.3) is 0 Å². The molecule has 17 heavy (non-hydrogen) atoms. The smallest absolute Gasteiger partial charge is 0.128 e. The van der Waals surface area contributed by atoms with Crippen molar-refractivity contribution in [3.05, 3.63) is 17.2 Å². The van der Waals surface area contributed by atoms with Gasteiger partial charge in [0.15, 0.2) is 0 Å². The lowest BCUT2D eigenvalue weighted by Crippen LogP contribution is -2.34. The zero-order chi connectivity index (χ0) is 12.3. The number of nitrogens with one attached hydrogen (secondary N) is 1. The van der Waals surface area contributed by atoms with E-state index in [9.17, 15) is 0 Å². The van der Waals surface area contributed by atoms with Crippen LogP contribution >= 0.6 is 11.6 Å². The zero-order valence-electron chi connectivity index (χ0n) is 10.7. The van der Waals surface area contributed by atoms with Crippen molar-refractivity contribution in [3.63, 3.8) is 0 Å². The van der Waals surface area contributed by atoms with Crippen molar-refractivity contribution in [3.8, 4) is 0 Å². The van der Waals surface area contributed by atoms with Crippen LogP contribution in [-0.2, 0) is 13.6 Å². The molecule has 1 aromatic heterocycles. The molecular weight excluding hydrogens is 234 g/mol. The van der Waals surface area contributed by atoms with Gasteiger partial charge in [0.05, 0.1) is 12.7 Å². The molecule has 0 saturated heterocycles. The van der Waals surface area contributed by atoms with Gasteiger partial charge in [0.1, 0.15) is 11.0 Å². The van der Waals surface area contributed by atoms with Crippen molar-refractivity contribution in [2.75, 3.05) is 0 Å². The van der Waals surface area contributed by atoms with Crippen molar-refractivity contribution in [1.82, 2.24) is 14.9 Å². The van der Waals surface area contributed by atoms with Crippen LogP contribution in [0.5, 0.6) is 0 Å². The fourth-order valence-electron chi connectivity index (χ4n) is 2.67. The lowest BCUT2D eigenvalue weighted by Gasteiger charge is -2.29. The predicted octanol–water partition coefficient (Wildman–Crippen LogP) is 3.13. The highest BCUT2D eigenvalue weighted by atomic mass is 35.5. The summed E-state index contributed by atoms with van der Waals surface area (Å²) in [5.74, 6) is 1.93. The lowest BCUT2D eigenvalue weighted by molar-refractivity contribution is 0.276. The van der Waals surface area contributed by atoms with Crippen LogP contribution in [0.15, 0.2) is 6.20 Å². The molecule has 0 aromatic carbocycles. The Morgan fingerprint density at radius 3 is 3.00 bits per heavy atom. The molecule has 1 aliphatic rings. The maximum absolute atomic E-state index is 5.97. The summed E-state index contributed by atoms with van der Waals surface area (Å²) in [4.78, 5) is 4.31. The Labute approximate surface area is 109 Å². The highest BCUT2D eigenvalue weighted by molar-refractivity contribution is 6.29. The molecule has 0 radical (unpaired) electrons. The lowest BCUT2D eigenvalue weighted by atomic mass is 9.84. The molecule has 1 fully saturated rings. The Morgan fingerprint density at radius 1 is 1.53 bits per heavy atom. The maximum Gasteiger partial charge on any atom is 0.128 e. The Kier molecular flexibility index (Phi) is 4.46. The third-order valence-electron chi connectivity index (χ3n) is 3.94. The van der Waals surface area contributed by atoms with Crippen LogP contribution in [-0.4, -0.2) is 15.6 Å². The third-order valence-corrected chi connectivity index (χ3v) is 4.29. The number of rotatable bonds is 4. The first-order chi connectivity index (χ1) is 8.20. The van der Waals surface area contributed by atoms with E-state index in [1.54, 1.807) is 6.20 Å². The molecule has 2 atom stereocenters. The van der Waals surface area contributed by atoms with Gasteiger partial charge in [-0.15, -0.1) is 0 Å². The Hall–Kier alpha value is -0.540. The molecule has 1 heterocycles. The molecule has 2 rings (SSSR count). The van der Waals surface area contributed by atoms with E-state index in [4.69, 9.17) is 11.6 Å². The number of aromatic nitrogens is 2. The maximum atomic E-state index is 5.97. The van der Waals surface area contributed by atoms with Gasteiger partial charge in [0.2, 0.25) is 0 Å². The van der Waals surface area contributed by atoms with Crippen LogP contribution in [0.1, 0.15) is 44.9 Å². The standard InChI is InChI=1S/C13H22ClN3/c1-3-10-5-4-6-11(7-10)15-9-13-16-8-12(14)17(13)2/h8,10-11,15H,3-7,9H2,1-2H3. The van der Waals surface area contributed by atoms with Crippen molar-refractivity contribution in [2.45, 2.75) is 51.6 Å². The molecule has 0 spiro atoms. The normalized spacial score (nSPS) is 25.1. The van der Waals surface area contributed by atoms with Crippen molar-refractivity contribution >= 4 is 11.6 Å². The molecular formula is C13H22ClN3. The van der Waals surface area contributed by atoms with Gasteiger partial charge in [-0.1, -0.05) is 37.8 Å². The van der Waals surface area contributed by atoms with Gasteiger partial charge in [-0.25, -0.2) is 4.98 Å². The van der Waals surface area contributed by atoms with Crippen LogP contribution < -0.4 is 5.32 Å². The van der Waals surface area contributed by atoms with E-state index in [0.717, 1.165) is 18.3 Å². The summed E-state index contributed by atoms with van der Waals surface area (Å²) in [6, 6.07) is 0.657. The van der Waals surface area contributed by atoms with Crippen LogP contribution in [0.4, 0.5) is 0 Å². The fourth-order valence-corrected chi connectivity index (χ4v) is 2.82. The average molecular weight is 256 g/mol. The first-order valence-electron chi connectivity index (χ1n) is 6.60. The number of imidazole rings is 1. The monoisotopic (exact) mass is 255 g/mol. The van der Waals surface area contributed by atoms with Crippen molar-refractivity contribution in [1.29, 1.82) is 0 Å². The summed E-state index contributed by atoms with van der Waals surface area (Å²) >= 11 is 5.97. The van der Waals surface area contributed by atoms with E-state index < -0.39 is 0 Å². The van der Waals surface area contributed by atoms with Gasteiger partial charge in [-0.3, -0.25) is 0 Å². The summed E-state index contributed by atoms with van der Waals surface area (Å²) < 4.78 is 1.94. The van der Waals surface area contributed by atoms with E-state index in [-0.39, 0.29) is 0 Å². The minimum atomic E-state index is 0.657. The third kappa shape index (κ3) is 3.23. The predicted molar refractivity (Wildman–Crippen MR) is 71.1 cm³/mol. The number of hydrogen-bond donors (Lipinski definition) is 1. The van der Waals surface area contributed by atoms with Crippen LogP contribution in [0.3, 0.4) is 0 Å². The van der Waals surface area contributed by atoms with E-state index in [1.807, 2.05) is 11.6 Å². The second-order valence-corrected chi connectivity index (χ2v) is 5.46. The summed E-state index contributed by atoms with van der Waals surface area (Å²) in [7, 11) is 1.96. The molecule has 96 valence electrons. The van der Waals surface area contributed by atoms with E-state index in [0.29, 0.717) is 11.2 Å². The SMILES string of the molecule is CCC1CCCC(NCc2ncc(Cl)n2C)C1. The molecule has 0 bridgehead atoms. The van der Waals surface area contributed by atoms with Gasteiger partial charge in [0.25, 0.3) is 0 Å². The van der Waals surface area contributed by atoms with E-state index in [2.05, 4.69) is 17.2 Å². The fraction of sp³-hybridized carbons (Fsp3) is 0.769. The summed E-state index contributed by atoms with van der Waals surface area (Å²) in [6.45, 7) is 3.12. The summed E-state index contributed by atoms with van der Waals surface area (Å²) in [5, 5.41) is 4.32. The first-order valence-corrected chi connectivity index (χ1v) is 6.98. The number of halogens is 1. The molecule has 1 N–H and O–H groups in total. The summed E-state index contributed by atoms with van der Waals surface area (Å²) in [6.07, 6.45) is 8.41. The molecule has 1 saturated carbocycles. The summed E-state index contributed by atoms with van der Waals surface area (Å²) in [5.41, 5.74) is 0. The van der Waals surface area contributed by atoms with E-state index >= 15 is 0 Å². The highest BCUT2D eigenvalue weighted by Crippen LogP contribution is 2.26. The van der Waals surface area contributed by atoms with Gasteiger partial charge in [-0.05, 0) is 18.8 Å². The highest BCUT2D eigenvalue weighted by Gasteiger charge is 2.20. The van der Waals surface area contributed by atoms with Crippen LogP contribution in [0, 0.1) is 5.92 Å². The van der Waals surface area contributed by atoms with Gasteiger partial charge < -0.3 is 9.88 Å². The van der Waals surface area contributed by atoms with Crippen LogP contribution in [0.2, 0.25) is 5.15 Å². The first kappa shape index (κ1) is 12.9. The number of hydrogen-bond acceptors (Lipinski definition) is 2.